The standard InChI is InChI=1S/C39H31N3O4/c1-3-41(4-2)26-18-20-31-34(23-26)45-35-24-27(19-21-32(35)39(31)30-16-10-8-14-28(30)38(44)46-39)42-36(22-25-12-6-5-7-13-25)40-33-17-11-9-15-29(33)37(42)43/h5-21,23-24H,3-4,22H2,1-2H3. The van der Waals surface area contributed by atoms with Crippen LogP contribution < -0.4 is 15.2 Å². The molecule has 0 saturated carbocycles. The van der Waals surface area contributed by atoms with Crippen LogP contribution in [0.2, 0.25) is 0 Å². The molecule has 1 atom stereocenters. The Morgan fingerprint density at radius 3 is 2.24 bits per heavy atom. The van der Waals surface area contributed by atoms with Gasteiger partial charge >= 0.3 is 5.97 Å². The largest absolute Gasteiger partial charge is 0.456 e. The molecule has 5 aromatic carbocycles. The molecule has 1 aromatic heterocycles. The molecule has 6 aromatic rings. The Kier molecular flexibility index (Phi) is 6.49. The number of fused-ring (bicyclic) bond motifs is 7. The third-order valence-electron chi connectivity index (χ3n) is 9.12. The molecule has 46 heavy (non-hydrogen) atoms. The highest BCUT2D eigenvalue weighted by Gasteiger charge is 2.53. The van der Waals surface area contributed by atoms with Crippen LogP contribution in [-0.4, -0.2) is 28.6 Å². The molecule has 2 aliphatic heterocycles. The molecule has 3 heterocycles. The van der Waals surface area contributed by atoms with Crippen LogP contribution in [0, 0.1) is 0 Å². The summed E-state index contributed by atoms with van der Waals surface area (Å²) in [5.74, 6) is 1.34. The van der Waals surface area contributed by atoms with Crippen molar-refractivity contribution in [1.29, 1.82) is 0 Å². The van der Waals surface area contributed by atoms with E-state index in [9.17, 15) is 9.59 Å². The fourth-order valence-electron chi connectivity index (χ4n) is 6.92. The summed E-state index contributed by atoms with van der Waals surface area (Å²) in [5.41, 5.74) is 4.70. The predicted octanol–water partition coefficient (Wildman–Crippen LogP) is 7.39. The molecule has 0 saturated heterocycles. The molecule has 2 aliphatic rings. The van der Waals surface area contributed by atoms with E-state index in [-0.39, 0.29) is 11.5 Å². The number of para-hydroxylation sites is 1. The van der Waals surface area contributed by atoms with Crippen molar-refractivity contribution in [2.45, 2.75) is 25.9 Å². The van der Waals surface area contributed by atoms with Crippen molar-refractivity contribution >= 4 is 22.6 Å². The maximum atomic E-state index is 14.2. The van der Waals surface area contributed by atoms with Crippen LogP contribution in [0.4, 0.5) is 5.69 Å². The highest BCUT2D eigenvalue weighted by Crippen LogP contribution is 2.56. The first kappa shape index (κ1) is 27.8. The highest BCUT2D eigenvalue weighted by molar-refractivity contribution is 5.97. The van der Waals surface area contributed by atoms with Gasteiger partial charge in [0, 0.05) is 54.0 Å². The van der Waals surface area contributed by atoms with Gasteiger partial charge in [-0.25, -0.2) is 9.78 Å². The lowest BCUT2D eigenvalue weighted by atomic mass is 9.77. The summed E-state index contributed by atoms with van der Waals surface area (Å²) in [6.07, 6.45) is 0.462. The minimum absolute atomic E-state index is 0.163. The Balaban J connectivity index is 1.36. The molecular weight excluding hydrogens is 574 g/mol. The number of carbonyl (C=O) groups excluding carboxylic acids is 1. The Hall–Kier alpha value is -5.69. The number of rotatable bonds is 6. The van der Waals surface area contributed by atoms with Gasteiger partial charge in [0.15, 0.2) is 5.60 Å². The first-order valence-electron chi connectivity index (χ1n) is 15.6. The van der Waals surface area contributed by atoms with Crippen molar-refractivity contribution in [2.75, 3.05) is 18.0 Å². The average Bonchev–Trinajstić information content (AvgIpc) is 3.38. The molecule has 0 N–H and O–H groups in total. The number of nitrogens with zero attached hydrogens (tertiary/aromatic N) is 3. The summed E-state index contributed by atoms with van der Waals surface area (Å²) in [6.45, 7) is 5.90. The van der Waals surface area contributed by atoms with Crippen molar-refractivity contribution < 1.29 is 14.3 Å². The first-order chi connectivity index (χ1) is 22.5. The lowest BCUT2D eigenvalue weighted by molar-refractivity contribution is 0.0224. The topological polar surface area (TPSA) is 73.7 Å². The molecule has 7 heteroatoms. The highest BCUT2D eigenvalue weighted by atomic mass is 16.6. The van der Waals surface area contributed by atoms with Gasteiger partial charge in [-0.05, 0) is 61.9 Å². The Morgan fingerprint density at radius 1 is 0.739 bits per heavy atom. The molecule has 1 spiro atoms. The number of anilines is 1. The number of ether oxygens (including phenoxy) is 2. The SMILES string of the molecule is CCN(CC)c1ccc2c(c1)Oc1cc(-n3c(Cc4ccccc4)nc4ccccc4c3=O)ccc1C21OC(=O)c2ccccc21. The van der Waals surface area contributed by atoms with Gasteiger partial charge in [-0.1, -0.05) is 60.7 Å². The normalized spacial score (nSPS) is 16.0. The maximum Gasteiger partial charge on any atom is 0.340 e. The molecular formula is C39H31N3O4. The zero-order valence-corrected chi connectivity index (χ0v) is 25.6. The number of aromatic nitrogens is 2. The van der Waals surface area contributed by atoms with Gasteiger partial charge in [-0.2, -0.15) is 0 Å². The maximum absolute atomic E-state index is 14.2. The van der Waals surface area contributed by atoms with E-state index in [2.05, 4.69) is 24.8 Å². The van der Waals surface area contributed by atoms with Crippen LogP contribution in [0.5, 0.6) is 11.5 Å². The van der Waals surface area contributed by atoms with Gasteiger partial charge in [0.25, 0.3) is 5.56 Å². The number of carbonyl (C=O) groups is 1. The van der Waals surface area contributed by atoms with Gasteiger partial charge in [0.2, 0.25) is 0 Å². The third kappa shape index (κ3) is 4.15. The number of esters is 1. The predicted molar refractivity (Wildman–Crippen MR) is 178 cm³/mol. The van der Waals surface area contributed by atoms with E-state index in [1.54, 1.807) is 16.7 Å². The lowest BCUT2D eigenvalue weighted by Gasteiger charge is -2.37. The molecule has 0 bridgehead atoms. The number of hydrogen-bond donors (Lipinski definition) is 0. The second kappa shape index (κ2) is 10.7. The average molecular weight is 606 g/mol. The first-order valence-corrected chi connectivity index (χ1v) is 15.6. The smallest absolute Gasteiger partial charge is 0.340 e. The zero-order chi connectivity index (χ0) is 31.4. The van der Waals surface area contributed by atoms with Crippen LogP contribution in [0.15, 0.2) is 120 Å². The molecule has 7 nitrogen and oxygen atoms in total. The number of hydrogen-bond acceptors (Lipinski definition) is 6. The summed E-state index contributed by atoms with van der Waals surface area (Å²) in [6, 6.07) is 36.7. The molecule has 8 rings (SSSR count). The summed E-state index contributed by atoms with van der Waals surface area (Å²) in [4.78, 5) is 34.7. The van der Waals surface area contributed by atoms with Crippen LogP contribution in [0.25, 0.3) is 16.6 Å². The third-order valence-corrected chi connectivity index (χ3v) is 9.12. The van der Waals surface area contributed by atoms with E-state index in [1.165, 1.54) is 0 Å². The summed E-state index contributed by atoms with van der Waals surface area (Å²) in [7, 11) is 0. The van der Waals surface area contributed by atoms with Gasteiger partial charge < -0.3 is 14.4 Å². The van der Waals surface area contributed by atoms with Crippen molar-refractivity contribution in [3.8, 4) is 17.2 Å². The van der Waals surface area contributed by atoms with Crippen molar-refractivity contribution in [1.82, 2.24) is 9.55 Å². The summed E-state index contributed by atoms with van der Waals surface area (Å²) in [5, 5.41) is 0.530. The van der Waals surface area contributed by atoms with Crippen LogP contribution in [0.1, 0.15) is 52.3 Å². The zero-order valence-electron chi connectivity index (χ0n) is 25.6. The van der Waals surface area contributed by atoms with E-state index in [0.29, 0.717) is 51.5 Å². The lowest BCUT2D eigenvalue weighted by Crippen LogP contribution is -2.33. The van der Waals surface area contributed by atoms with E-state index >= 15 is 0 Å². The Morgan fingerprint density at radius 2 is 1.43 bits per heavy atom. The minimum Gasteiger partial charge on any atom is -0.456 e. The fourth-order valence-corrected chi connectivity index (χ4v) is 6.92. The van der Waals surface area contributed by atoms with E-state index < -0.39 is 5.60 Å². The second-order valence-corrected chi connectivity index (χ2v) is 11.6. The van der Waals surface area contributed by atoms with Gasteiger partial charge in [-0.15, -0.1) is 0 Å². The number of benzene rings is 5. The Bertz CT molecular complexity index is 2220. The van der Waals surface area contributed by atoms with E-state index in [1.807, 2.05) is 97.1 Å². The van der Waals surface area contributed by atoms with Crippen molar-refractivity contribution in [3.05, 3.63) is 159 Å². The minimum atomic E-state index is -1.20. The fraction of sp³-hybridized carbons (Fsp3) is 0.154. The Labute approximate surface area is 266 Å². The summed E-state index contributed by atoms with van der Waals surface area (Å²) >= 11 is 0. The van der Waals surface area contributed by atoms with Gasteiger partial charge in [-0.3, -0.25) is 9.36 Å². The van der Waals surface area contributed by atoms with Crippen LogP contribution in [0.3, 0.4) is 0 Å². The second-order valence-electron chi connectivity index (χ2n) is 11.6. The molecule has 0 fully saturated rings. The molecule has 226 valence electrons. The molecule has 0 radical (unpaired) electrons. The van der Waals surface area contributed by atoms with Gasteiger partial charge in [0.05, 0.1) is 22.2 Å². The summed E-state index contributed by atoms with van der Waals surface area (Å²) < 4.78 is 14.7. The molecule has 0 amide bonds. The van der Waals surface area contributed by atoms with Crippen molar-refractivity contribution in [3.63, 3.8) is 0 Å². The van der Waals surface area contributed by atoms with Crippen LogP contribution >= 0.6 is 0 Å². The quantitative estimate of drug-likeness (QED) is 0.184. The van der Waals surface area contributed by atoms with Crippen molar-refractivity contribution in [2.24, 2.45) is 0 Å². The molecule has 1 unspecified atom stereocenters. The van der Waals surface area contributed by atoms with Gasteiger partial charge in [0.1, 0.15) is 17.3 Å². The van der Waals surface area contributed by atoms with Crippen LogP contribution in [-0.2, 0) is 16.8 Å². The molecule has 0 aliphatic carbocycles. The van der Waals surface area contributed by atoms with E-state index in [4.69, 9.17) is 14.5 Å². The monoisotopic (exact) mass is 605 g/mol. The van der Waals surface area contributed by atoms with E-state index in [0.717, 1.165) is 35.5 Å².